The van der Waals surface area contributed by atoms with Crippen molar-refractivity contribution in [2.45, 2.75) is 11.1 Å². The summed E-state index contributed by atoms with van der Waals surface area (Å²) in [6, 6.07) is 5.34. The zero-order valence-corrected chi connectivity index (χ0v) is 11.5. The van der Waals surface area contributed by atoms with Crippen LogP contribution in [0.3, 0.4) is 0 Å². The van der Waals surface area contributed by atoms with Gasteiger partial charge in [-0.2, -0.15) is 18.4 Å². The van der Waals surface area contributed by atoms with Crippen molar-refractivity contribution in [2.75, 3.05) is 25.1 Å². The van der Waals surface area contributed by atoms with E-state index in [1.807, 2.05) is 0 Å². The van der Waals surface area contributed by atoms with Gasteiger partial charge in [-0.1, -0.05) is 0 Å². The number of halogens is 3. The Bertz CT molecular complexity index is 638. The maximum atomic E-state index is 11.8. The smallest absolute Gasteiger partial charge is 0.382 e. The summed E-state index contributed by atoms with van der Waals surface area (Å²) >= 11 is 0. The lowest BCUT2D eigenvalue weighted by molar-refractivity contribution is -0.172. The highest BCUT2D eigenvalue weighted by atomic mass is 32.2. The van der Waals surface area contributed by atoms with Crippen LogP contribution in [-0.4, -0.2) is 34.4 Å². The largest absolute Gasteiger partial charge is 0.411 e. The summed E-state index contributed by atoms with van der Waals surface area (Å²) < 4.78 is 62.1. The number of alkyl halides is 3. The molecule has 3 N–H and O–H groups in total. The van der Waals surface area contributed by atoms with E-state index in [4.69, 9.17) is 10.4 Å². The van der Waals surface area contributed by atoms with Crippen molar-refractivity contribution in [2.24, 2.45) is 5.14 Å². The van der Waals surface area contributed by atoms with Crippen LogP contribution in [0.15, 0.2) is 23.1 Å². The molecule has 0 saturated heterocycles. The molecule has 116 valence electrons. The zero-order chi connectivity index (χ0) is 16.1. The number of hydrogen-bond donors (Lipinski definition) is 2. The molecular weight excluding hydrogens is 311 g/mol. The third kappa shape index (κ3) is 5.99. The van der Waals surface area contributed by atoms with Gasteiger partial charge in [0.05, 0.1) is 22.8 Å². The fraction of sp³-hybridized carbons (Fsp3) is 0.364. The molecule has 21 heavy (non-hydrogen) atoms. The van der Waals surface area contributed by atoms with Gasteiger partial charge >= 0.3 is 6.18 Å². The summed E-state index contributed by atoms with van der Waals surface area (Å²) in [5.74, 6) is 0. The average Bonchev–Trinajstić information content (AvgIpc) is 2.35. The van der Waals surface area contributed by atoms with Gasteiger partial charge in [-0.05, 0) is 18.2 Å². The lowest BCUT2D eigenvalue weighted by atomic mass is 10.2. The van der Waals surface area contributed by atoms with E-state index >= 15 is 0 Å². The molecule has 0 heterocycles. The maximum absolute atomic E-state index is 11.8. The Morgan fingerprint density at radius 1 is 1.38 bits per heavy atom. The van der Waals surface area contributed by atoms with Crippen LogP contribution >= 0.6 is 0 Å². The van der Waals surface area contributed by atoms with E-state index in [1.165, 1.54) is 12.1 Å². The Morgan fingerprint density at radius 2 is 2.05 bits per heavy atom. The lowest BCUT2D eigenvalue weighted by Crippen LogP contribution is -2.20. The van der Waals surface area contributed by atoms with E-state index < -0.39 is 22.8 Å². The monoisotopic (exact) mass is 323 g/mol. The first-order valence-electron chi connectivity index (χ1n) is 5.59. The molecule has 0 aliphatic carbocycles. The first kappa shape index (κ1) is 17.2. The highest BCUT2D eigenvalue weighted by Crippen LogP contribution is 2.19. The Kier molecular flexibility index (Phi) is 5.54. The fourth-order valence-corrected chi connectivity index (χ4v) is 1.93. The van der Waals surface area contributed by atoms with Gasteiger partial charge in [-0.25, -0.2) is 13.6 Å². The molecule has 0 aliphatic rings. The summed E-state index contributed by atoms with van der Waals surface area (Å²) in [6.45, 7) is -1.55. The molecule has 10 heteroatoms. The van der Waals surface area contributed by atoms with E-state index in [1.54, 1.807) is 6.07 Å². The second-order valence-electron chi connectivity index (χ2n) is 3.96. The molecule has 1 aromatic carbocycles. The van der Waals surface area contributed by atoms with Crippen LogP contribution in [-0.2, 0) is 14.8 Å². The Labute approximate surface area is 119 Å². The van der Waals surface area contributed by atoms with Crippen molar-refractivity contribution in [1.82, 2.24) is 0 Å². The number of nitriles is 1. The summed E-state index contributed by atoms with van der Waals surface area (Å²) in [5, 5.41) is 16.5. The summed E-state index contributed by atoms with van der Waals surface area (Å²) in [5.41, 5.74) is 0.290. The minimum atomic E-state index is -4.39. The summed E-state index contributed by atoms with van der Waals surface area (Å²) in [7, 11) is -3.93. The van der Waals surface area contributed by atoms with E-state index in [2.05, 4.69) is 10.1 Å². The van der Waals surface area contributed by atoms with Crippen molar-refractivity contribution in [3.05, 3.63) is 23.8 Å². The van der Waals surface area contributed by atoms with E-state index in [0.717, 1.165) is 6.07 Å². The Hall–Kier alpha value is -1.83. The van der Waals surface area contributed by atoms with Gasteiger partial charge in [-0.15, -0.1) is 0 Å². The number of nitrogens with one attached hydrogen (secondary N) is 1. The first-order valence-corrected chi connectivity index (χ1v) is 7.13. The van der Waals surface area contributed by atoms with Crippen molar-refractivity contribution in [3.8, 4) is 6.07 Å². The molecule has 1 aromatic rings. The first-order chi connectivity index (χ1) is 9.63. The molecule has 0 saturated carbocycles. The van der Waals surface area contributed by atoms with Gasteiger partial charge in [0.2, 0.25) is 10.0 Å². The quantitative estimate of drug-likeness (QED) is 0.765. The molecule has 0 aliphatic heterocycles. The minimum absolute atomic E-state index is 0.0114. The lowest BCUT2D eigenvalue weighted by Gasteiger charge is -2.11. The Balaban J connectivity index is 2.63. The predicted molar refractivity (Wildman–Crippen MR) is 67.9 cm³/mol. The molecule has 0 amide bonds. The second kappa shape index (κ2) is 6.75. The number of ether oxygens (including phenoxy) is 1. The fourth-order valence-electron chi connectivity index (χ4n) is 1.39. The van der Waals surface area contributed by atoms with Crippen molar-refractivity contribution in [1.29, 1.82) is 5.26 Å². The molecule has 1 rings (SSSR count). The van der Waals surface area contributed by atoms with Gasteiger partial charge in [0.15, 0.2) is 0 Å². The SMILES string of the molecule is N#Cc1cc(S(N)(=O)=O)ccc1NCCOCC(F)(F)F. The van der Waals surface area contributed by atoms with Gasteiger partial charge in [0, 0.05) is 6.54 Å². The predicted octanol–water partition coefficient (Wildman–Crippen LogP) is 1.20. The number of benzene rings is 1. The molecule has 6 nitrogen and oxygen atoms in total. The molecular formula is C11H12F3N3O3S. The van der Waals surface area contributed by atoms with Crippen LogP contribution in [0.4, 0.5) is 18.9 Å². The van der Waals surface area contributed by atoms with Crippen LogP contribution in [0.2, 0.25) is 0 Å². The van der Waals surface area contributed by atoms with Gasteiger partial charge in [0.1, 0.15) is 12.7 Å². The van der Waals surface area contributed by atoms with Crippen LogP contribution < -0.4 is 10.5 Å². The number of nitrogens with zero attached hydrogens (tertiary/aromatic N) is 1. The molecule has 0 radical (unpaired) electrons. The molecule has 0 bridgehead atoms. The number of primary sulfonamides is 1. The molecule has 0 fully saturated rings. The molecule has 0 spiro atoms. The van der Waals surface area contributed by atoms with Crippen LogP contribution in [0.5, 0.6) is 0 Å². The number of hydrogen-bond acceptors (Lipinski definition) is 5. The Morgan fingerprint density at radius 3 is 2.57 bits per heavy atom. The van der Waals surface area contributed by atoms with Crippen LogP contribution in [0, 0.1) is 11.3 Å². The standard InChI is InChI=1S/C11H12F3N3O3S/c12-11(13,14)7-20-4-3-17-10-2-1-9(21(16,18)19)5-8(10)6-15/h1-2,5,17H,3-4,7H2,(H2,16,18,19). The van der Waals surface area contributed by atoms with Gasteiger partial charge < -0.3 is 10.1 Å². The topological polar surface area (TPSA) is 105 Å². The van der Waals surface area contributed by atoms with Crippen molar-refractivity contribution < 1.29 is 26.3 Å². The normalized spacial score (nSPS) is 12.0. The minimum Gasteiger partial charge on any atom is -0.382 e. The van der Waals surface area contributed by atoms with Gasteiger partial charge in [0.25, 0.3) is 0 Å². The molecule has 0 aromatic heterocycles. The van der Waals surface area contributed by atoms with Gasteiger partial charge in [-0.3, -0.25) is 0 Å². The third-order valence-corrected chi connectivity index (χ3v) is 3.18. The van der Waals surface area contributed by atoms with E-state index in [-0.39, 0.29) is 29.3 Å². The number of sulfonamides is 1. The summed E-state index contributed by atoms with van der Waals surface area (Å²) in [6.07, 6.45) is -4.39. The van der Waals surface area contributed by atoms with Crippen molar-refractivity contribution in [3.63, 3.8) is 0 Å². The third-order valence-electron chi connectivity index (χ3n) is 2.27. The molecule has 0 unspecified atom stereocenters. The maximum Gasteiger partial charge on any atom is 0.411 e. The van der Waals surface area contributed by atoms with E-state index in [0.29, 0.717) is 0 Å². The van der Waals surface area contributed by atoms with Crippen molar-refractivity contribution >= 4 is 15.7 Å². The number of nitrogens with two attached hydrogens (primary N) is 1. The number of anilines is 1. The second-order valence-corrected chi connectivity index (χ2v) is 5.52. The zero-order valence-electron chi connectivity index (χ0n) is 10.6. The van der Waals surface area contributed by atoms with Crippen LogP contribution in [0.25, 0.3) is 0 Å². The average molecular weight is 323 g/mol. The highest BCUT2D eigenvalue weighted by Gasteiger charge is 2.27. The molecule has 0 atom stereocenters. The summed E-state index contributed by atoms with van der Waals surface area (Å²) in [4.78, 5) is -0.224. The van der Waals surface area contributed by atoms with Crippen LogP contribution in [0.1, 0.15) is 5.56 Å². The van der Waals surface area contributed by atoms with E-state index in [9.17, 15) is 21.6 Å². The highest BCUT2D eigenvalue weighted by molar-refractivity contribution is 7.89. The number of rotatable bonds is 6.